The first-order valence-corrected chi connectivity index (χ1v) is 9.71. The molecule has 0 atom stereocenters. The molecule has 0 unspecified atom stereocenters. The van der Waals surface area contributed by atoms with Crippen LogP contribution in [0.4, 0.5) is 10.2 Å². The highest BCUT2D eigenvalue weighted by atomic mass is 19.1. The van der Waals surface area contributed by atoms with Gasteiger partial charge in [-0.2, -0.15) is 0 Å². The Bertz CT molecular complexity index is 1080. The van der Waals surface area contributed by atoms with E-state index < -0.39 is 5.82 Å². The van der Waals surface area contributed by atoms with E-state index in [2.05, 4.69) is 15.1 Å². The number of ether oxygens (including phenoxy) is 2. The molecule has 1 amide bonds. The lowest BCUT2D eigenvalue weighted by Gasteiger charge is -2.35. The molecule has 0 bridgehead atoms. The Hall–Kier alpha value is -3.68. The van der Waals surface area contributed by atoms with Crippen molar-refractivity contribution in [1.29, 1.82) is 0 Å². The number of piperazine rings is 1. The highest BCUT2D eigenvalue weighted by Gasteiger charge is 2.24. The van der Waals surface area contributed by atoms with Gasteiger partial charge in [-0.15, -0.1) is 10.2 Å². The van der Waals surface area contributed by atoms with E-state index >= 15 is 0 Å². The van der Waals surface area contributed by atoms with Gasteiger partial charge in [0.05, 0.1) is 11.3 Å². The van der Waals surface area contributed by atoms with E-state index in [1.807, 2.05) is 30.3 Å². The van der Waals surface area contributed by atoms with Crippen molar-refractivity contribution in [2.45, 2.75) is 0 Å². The zero-order valence-electron chi connectivity index (χ0n) is 16.1. The summed E-state index contributed by atoms with van der Waals surface area (Å²) in [5, 5.41) is 8.70. The van der Waals surface area contributed by atoms with E-state index in [9.17, 15) is 9.18 Å². The van der Waals surface area contributed by atoms with Crippen LogP contribution in [0.25, 0.3) is 11.3 Å². The van der Waals surface area contributed by atoms with Gasteiger partial charge < -0.3 is 19.3 Å². The maximum Gasteiger partial charge on any atom is 0.256 e. The highest BCUT2D eigenvalue weighted by molar-refractivity contribution is 5.94. The first-order valence-electron chi connectivity index (χ1n) is 9.71. The summed E-state index contributed by atoms with van der Waals surface area (Å²) in [6, 6.07) is 15.6. The molecule has 0 radical (unpaired) electrons. The monoisotopic (exact) mass is 406 g/mol. The number of halogens is 1. The second kappa shape index (κ2) is 7.62. The molecule has 1 fully saturated rings. The van der Waals surface area contributed by atoms with Gasteiger partial charge in [-0.3, -0.25) is 4.79 Å². The number of carbonyl (C=O) groups is 1. The van der Waals surface area contributed by atoms with Gasteiger partial charge in [-0.05, 0) is 42.5 Å². The van der Waals surface area contributed by atoms with Crippen molar-refractivity contribution < 1.29 is 18.7 Å². The SMILES string of the molecule is O=C(c1ccccc1F)N1CCN(c2ccc(-c3ccc4c(c3)OCO4)nn2)CC1. The van der Waals surface area contributed by atoms with Crippen LogP contribution in [0.3, 0.4) is 0 Å². The second-order valence-electron chi connectivity index (χ2n) is 7.10. The highest BCUT2D eigenvalue weighted by Crippen LogP contribution is 2.35. The molecule has 0 saturated carbocycles. The summed E-state index contributed by atoms with van der Waals surface area (Å²) in [6.45, 7) is 2.45. The van der Waals surface area contributed by atoms with E-state index in [4.69, 9.17) is 9.47 Å². The van der Waals surface area contributed by atoms with Crippen LogP contribution in [-0.2, 0) is 0 Å². The lowest BCUT2D eigenvalue weighted by molar-refractivity contribution is 0.0741. The molecule has 1 saturated heterocycles. The Kier molecular flexibility index (Phi) is 4.66. The molecule has 0 N–H and O–H groups in total. The van der Waals surface area contributed by atoms with Gasteiger partial charge in [-0.25, -0.2) is 4.39 Å². The largest absolute Gasteiger partial charge is 0.454 e. The molecule has 1 aromatic heterocycles. The molecule has 2 aliphatic rings. The van der Waals surface area contributed by atoms with Crippen LogP contribution in [0, 0.1) is 5.82 Å². The summed E-state index contributed by atoms with van der Waals surface area (Å²) >= 11 is 0. The number of nitrogens with zero attached hydrogens (tertiary/aromatic N) is 4. The second-order valence-corrected chi connectivity index (χ2v) is 7.10. The van der Waals surface area contributed by atoms with Crippen LogP contribution in [0.15, 0.2) is 54.6 Å². The van der Waals surface area contributed by atoms with Gasteiger partial charge in [0.25, 0.3) is 5.91 Å². The lowest BCUT2D eigenvalue weighted by atomic mass is 10.1. The van der Waals surface area contributed by atoms with Gasteiger partial charge in [0.1, 0.15) is 5.82 Å². The number of carbonyl (C=O) groups excluding carboxylic acids is 1. The smallest absolute Gasteiger partial charge is 0.256 e. The van der Waals surface area contributed by atoms with Crippen molar-refractivity contribution in [3.05, 3.63) is 66.0 Å². The predicted molar refractivity (Wildman–Crippen MR) is 108 cm³/mol. The Morgan fingerprint density at radius 2 is 1.70 bits per heavy atom. The number of hydrogen-bond acceptors (Lipinski definition) is 6. The van der Waals surface area contributed by atoms with Crippen LogP contribution in [0.5, 0.6) is 11.5 Å². The fourth-order valence-corrected chi connectivity index (χ4v) is 3.65. The summed E-state index contributed by atoms with van der Waals surface area (Å²) in [4.78, 5) is 16.3. The maximum absolute atomic E-state index is 13.9. The van der Waals surface area contributed by atoms with Crippen molar-refractivity contribution in [3.63, 3.8) is 0 Å². The molecule has 0 spiro atoms. The Morgan fingerprint density at radius 3 is 2.47 bits per heavy atom. The minimum atomic E-state index is -0.491. The molecule has 0 aliphatic carbocycles. The summed E-state index contributed by atoms with van der Waals surface area (Å²) in [5.74, 6) is 1.41. The quantitative estimate of drug-likeness (QED) is 0.666. The van der Waals surface area contributed by atoms with E-state index in [1.54, 1.807) is 17.0 Å². The van der Waals surface area contributed by atoms with Crippen molar-refractivity contribution >= 4 is 11.7 Å². The number of anilines is 1. The molecule has 2 aromatic carbocycles. The van der Waals surface area contributed by atoms with Gasteiger partial charge in [-0.1, -0.05) is 12.1 Å². The van der Waals surface area contributed by atoms with Gasteiger partial charge >= 0.3 is 0 Å². The Balaban J connectivity index is 1.24. The fraction of sp³-hybridized carbons (Fsp3) is 0.227. The van der Waals surface area contributed by atoms with Crippen LogP contribution in [0.1, 0.15) is 10.4 Å². The molecular weight excluding hydrogens is 387 g/mol. The molecule has 152 valence electrons. The standard InChI is InChI=1S/C22H19FN4O3/c23-17-4-2-1-3-16(17)22(28)27-11-9-26(10-12-27)21-8-6-18(24-25-21)15-5-7-19-20(13-15)30-14-29-19/h1-8,13H,9-12,14H2. The molecular formula is C22H19FN4O3. The van der Waals surface area contributed by atoms with Crippen LogP contribution >= 0.6 is 0 Å². The van der Waals surface area contributed by atoms with E-state index in [0.29, 0.717) is 31.9 Å². The summed E-state index contributed by atoms with van der Waals surface area (Å²) in [7, 11) is 0. The summed E-state index contributed by atoms with van der Waals surface area (Å²) in [5.41, 5.74) is 1.75. The third-order valence-electron chi connectivity index (χ3n) is 5.31. The number of amides is 1. The first kappa shape index (κ1) is 18.4. The van der Waals surface area contributed by atoms with Crippen molar-refractivity contribution in [3.8, 4) is 22.8 Å². The van der Waals surface area contributed by atoms with Gasteiger partial charge in [0.15, 0.2) is 17.3 Å². The predicted octanol–water partition coefficient (Wildman–Crippen LogP) is 2.97. The molecule has 7 nitrogen and oxygen atoms in total. The van der Waals surface area contributed by atoms with E-state index in [1.165, 1.54) is 12.1 Å². The van der Waals surface area contributed by atoms with Crippen LogP contribution < -0.4 is 14.4 Å². The fourth-order valence-electron chi connectivity index (χ4n) is 3.65. The van der Waals surface area contributed by atoms with E-state index in [0.717, 1.165) is 22.8 Å². The van der Waals surface area contributed by atoms with Crippen molar-refractivity contribution in [2.75, 3.05) is 37.9 Å². The lowest BCUT2D eigenvalue weighted by Crippen LogP contribution is -2.49. The Labute approximate surface area is 172 Å². The number of hydrogen-bond donors (Lipinski definition) is 0. The molecule has 3 aromatic rings. The molecule has 3 heterocycles. The van der Waals surface area contributed by atoms with Gasteiger partial charge in [0.2, 0.25) is 6.79 Å². The minimum absolute atomic E-state index is 0.110. The molecule has 2 aliphatic heterocycles. The number of aromatic nitrogens is 2. The van der Waals surface area contributed by atoms with Crippen molar-refractivity contribution in [2.24, 2.45) is 0 Å². The Morgan fingerprint density at radius 1 is 0.900 bits per heavy atom. The van der Waals surface area contributed by atoms with Crippen molar-refractivity contribution in [1.82, 2.24) is 15.1 Å². The maximum atomic E-state index is 13.9. The minimum Gasteiger partial charge on any atom is -0.454 e. The summed E-state index contributed by atoms with van der Waals surface area (Å²) in [6.07, 6.45) is 0. The normalized spacial score (nSPS) is 15.4. The third kappa shape index (κ3) is 3.41. The number of benzene rings is 2. The summed E-state index contributed by atoms with van der Waals surface area (Å²) < 4.78 is 24.6. The zero-order valence-corrected chi connectivity index (χ0v) is 16.1. The zero-order chi connectivity index (χ0) is 20.5. The third-order valence-corrected chi connectivity index (χ3v) is 5.31. The topological polar surface area (TPSA) is 67.8 Å². The van der Waals surface area contributed by atoms with E-state index in [-0.39, 0.29) is 18.3 Å². The van der Waals surface area contributed by atoms with Gasteiger partial charge in [0, 0.05) is 31.7 Å². The number of rotatable bonds is 3. The number of fused-ring (bicyclic) bond motifs is 1. The average molecular weight is 406 g/mol. The molecule has 8 heteroatoms. The molecule has 30 heavy (non-hydrogen) atoms. The average Bonchev–Trinajstić information content (AvgIpc) is 3.27. The van der Waals surface area contributed by atoms with Crippen LogP contribution in [-0.4, -0.2) is 54.0 Å². The van der Waals surface area contributed by atoms with Crippen LogP contribution in [0.2, 0.25) is 0 Å². The molecule has 5 rings (SSSR count). The first-order chi connectivity index (χ1) is 14.7.